The van der Waals surface area contributed by atoms with Crippen molar-refractivity contribution in [2.24, 2.45) is 0 Å². The normalized spacial score (nSPS) is 17.1. The molecule has 0 bridgehead atoms. The van der Waals surface area contributed by atoms with E-state index in [1.165, 1.54) is 10.5 Å². The summed E-state index contributed by atoms with van der Waals surface area (Å²) in [6.07, 6.45) is 1.10. The van der Waals surface area contributed by atoms with Crippen molar-refractivity contribution >= 4 is 11.8 Å². The van der Waals surface area contributed by atoms with Crippen molar-refractivity contribution in [1.29, 1.82) is 0 Å². The van der Waals surface area contributed by atoms with Gasteiger partial charge in [-0.3, -0.25) is 0 Å². The van der Waals surface area contributed by atoms with Crippen molar-refractivity contribution in [3.63, 3.8) is 0 Å². The molecule has 1 atom stereocenters. The number of nitrogens with one attached hydrogen (secondary N) is 1. The van der Waals surface area contributed by atoms with Crippen LogP contribution in [0, 0.1) is 0 Å². The fourth-order valence-corrected chi connectivity index (χ4v) is 3.93. The van der Waals surface area contributed by atoms with Crippen molar-refractivity contribution in [3.8, 4) is 5.75 Å². The Bertz CT molecular complexity index is 645. The highest BCUT2D eigenvalue weighted by molar-refractivity contribution is 7.99. The SMILES string of the molecule is COc1ccc2c(c1)[C@H](NCc1ccccc1CO)CCS2. The third-order valence-electron chi connectivity index (χ3n) is 4.08. The lowest BCUT2D eigenvalue weighted by atomic mass is 10.0. The first-order valence-corrected chi connectivity index (χ1v) is 8.52. The molecular weight excluding hydrogens is 294 g/mol. The average Bonchev–Trinajstić information content (AvgIpc) is 2.59. The second kappa shape index (κ2) is 7.18. The first-order chi connectivity index (χ1) is 10.8. The number of fused-ring (bicyclic) bond motifs is 1. The van der Waals surface area contributed by atoms with E-state index in [0.29, 0.717) is 6.04 Å². The number of ether oxygens (including phenoxy) is 1. The van der Waals surface area contributed by atoms with Gasteiger partial charge in [0, 0.05) is 17.5 Å². The Labute approximate surface area is 135 Å². The molecule has 3 nitrogen and oxygen atoms in total. The van der Waals surface area contributed by atoms with Crippen LogP contribution in [0.15, 0.2) is 47.4 Å². The summed E-state index contributed by atoms with van der Waals surface area (Å²) in [4.78, 5) is 1.33. The van der Waals surface area contributed by atoms with Gasteiger partial charge in [0.25, 0.3) is 0 Å². The summed E-state index contributed by atoms with van der Waals surface area (Å²) < 4.78 is 5.36. The molecule has 4 heteroatoms. The first kappa shape index (κ1) is 15.4. The van der Waals surface area contributed by atoms with Gasteiger partial charge in [-0.2, -0.15) is 0 Å². The Morgan fingerprint density at radius 2 is 2.05 bits per heavy atom. The molecule has 0 unspecified atom stereocenters. The smallest absolute Gasteiger partial charge is 0.119 e. The highest BCUT2D eigenvalue weighted by Crippen LogP contribution is 2.38. The maximum absolute atomic E-state index is 9.43. The van der Waals surface area contributed by atoms with Crippen LogP contribution in [0.5, 0.6) is 5.75 Å². The molecule has 0 radical (unpaired) electrons. The Balaban J connectivity index is 1.77. The molecule has 0 fully saturated rings. The number of aliphatic hydroxyl groups excluding tert-OH is 1. The summed E-state index contributed by atoms with van der Waals surface area (Å²) >= 11 is 1.91. The van der Waals surface area contributed by atoms with Gasteiger partial charge in [-0.05, 0) is 47.1 Å². The zero-order valence-electron chi connectivity index (χ0n) is 12.7. The number of benzene rings is 2. The molecule has 0 aliphatic carbocycles. The quantitative estimate of drug-likeness (QED) is 0.886. The molecule has 2 N–H and O–H groups in total. The standard InChI is InChI=1S/C18H21NO2S/c1-21-15-6-7-18-16(10-15)17(8-9-22-18)19-11-13-4-2-3-5-14(13)12-20/h2-7,10,17,19-20H,8-9,11-12H2,1H3/t17-/m1/s1. The molecule has 0 spiro atoms. The number of aliphatic hydroxyl groups is 1. The van der Waals surface area contributed by atoms with Crippen LogP contribution >= 0.6 is 11.8 Å². The minimum absolute atomic E-state index is 0.0861. The van der Waals surface area contributed by atoms with E-state index < -0.39 is 0 Å². The Morgan fingerprint density at radius 3 is 2.82 bits per heavy atom. The van der Waals surface area contributed by atoms with Crippen molar-refractivity contribution in [2.75, 3.05) is 12.9 Å². The lowest BCUT2D eigenvalue weighted by Gasteiger charge is -2.27. The summed E-state index contributed by atoms with van der Waals surface area (Å²) in [5, 5.41) is 13.1. The van der Waals surface area contributed by atoms with E-state index in [1.54, 1.807) is 7.11 Å². The molecular formula is C18H21NO2S. The highest BCUT2D eigenvalue weighted by atomic mass is 32.2. The fourth-order valence-electron chi connectivity index (χ4n) is 2.83. The van der Waals surface area contributed by atoms with Gasteiger partial charge in [0.15, 0.2) is 0 Å². The molecule has 116 valence electrons. The van der Waals surface area contributed by atoms with Gasteiger partial charge in [-0.15, -0.1) is 11.8 Å². The number of rotatable bonds is 5. The van der Waals surface area contributed by atoms with E-state index in [-0.39, 0.29) is 6.61 Å². The average molecular weight is 315 g/mol. The van der Waals surface area contributed by atoms with E-state index in [9.17, 15) is 5.11 Å². The second-order valence-corrected chi connectivity index (χ2v) is 6.54. The van der Waals surface area contributed by atoms with Crippen LogP contribution in [0.1, 0.15) is 29.2 Å². The summed E-state index contributed by atoms with van der Waals surface area (Å²) in [5.41, 5.74) is 3.47. The summed E-state index contributed by atoms with van der Waals surface area (Å²) in [5.74, 6) is 2.03. The Kier molecular flexibility index (Phi) is 5.03. The number of hydrogen-bond donors (Lipinski definition) is 2. The largest absolute Gasteiger partial charge is 0.497 e. The van der Waals surface area contributed by atoms with Gasteiger partial charge in [-0.1, -0.05) is 24.3 Å². The third-order valence-corrected chi connectivity index (χ3v) is 5.21. The van der Waals surface area contributed by atoms with Gasteiger partial charge < -0.3 is 15.2 Å². The summed E-state index contributed by atoms with van der Waals surface area (Å²) in [6.45, 7) is 0.853. The molecule has 1 aliphatic heterocycles. The van der Waals surface area contributed by atoms with Crippen LogP contribution in [0.2, 0.25) is 0 Å². The zero-order chi connectivity index (χ0) is 15.4. The monoisotopic (exact) mass is 315 g/mol. The molecule has 0 aromatic heterocycles. The summed E-state index contributed by atoms with van der Waals surface area (Å²) in [7, 11) is 1.71. The summed E-state index contributed by atoms with van der Waals surface area (Å²) in [6, 6.07) is 14.7. The minimum Gasteiger partial charge on any atom is -0.497 e. The molecule has 22 heavy (non-hydrogen) atoms. The molecule has 1 aliphatic rings. The fraction of sp³-hybridized carbons (Fsp3) is 0.333. The lowest BCUT2D eigenvalue weighted by Crippen LogP contribution is -2.24. The van der Waals surface area contributed by atoms with Crippen LogP contribution in [0.4, 0.5) is 0 Å². The zero-order valence-corrected chi connectivity index (χ0v) is 13.5. The van der Waals surface area contributed by atoms with Crippen molar-refractivity contribution in [2.45, 2.75) is 30.5 Å². The number of thioether (sulfide) groups is 1. The van der Waals surface area contributed by atoms with Gasteiger partial charge in [0.1, 0.15) is 5.75 Å². The van der Waals surface area contributed by atoms with Crippen molar-refractivity contribution in [1.82, 2.24) is 5.32 Å². The topological polar surface area (TPSA) is 41.5 Å². The van der Waals surface area contributed by atoms with E-state index in [2.05, 4.69) is 23.5 Å². The van der Waals surface area contributed by atoms with Gasteiger partial charge in [-0.25, -0.2) is 0 Å². The Hall–Kier alpha value is -1.49. The second-order valence-electron chi connectivity index (χ2n) is 5.40. The van der Waals surface area contributed by atoms with Crippen molar-refractivity contribution in [3.05, 3.63) is 59.2 Å². The van der Waals surface area contributed by atoms with Crippen LogP contribution in [0.3, 0.4) is 0 Å². The molecule has 2 aromatic rings. The van der Waals surface area contributed by atoms with E-state index in [0.717, 1.165) is 35.6 Å². The number of hydrogen-bond acceptors (Lipinski definition) is 4. The highest BCUT2D eigenvalue weighted by Gasteiger charge is 2.21. The predicted molar refractivity (Wildman–Crippen MR) is 90.3 cm³/mol. The Morgan fingerprint density at radius 1 is 1.23 bits per heavy atom. The lowest BCUT2D eigenvalue weighted by molar-refractivity contribution is 0.280. The molecule has 0 saturated heterocycles. The van der Waals surface area contributed by atoms with Gasteiger partial charge in [0.2, 0.25) is 0 Å². The van der Waals surface area contributed by atoms with Gasteiger partial charge in [0.05, 0.1) is 13.7 Å². The van der Waals surface area contributed by atoms with Crippen LogP contribution in [-0.2, 0) is 13.2 Å². The van der Waals surface area contributed by atoms with Crippen molar-refractivity contribution < 1.29 is 9.84 Å². The molecule has 0 amide bonds. The van der Waals surface area contributed by atoms with Crippen LogP contribution in [-0.4, -0.2) is 18.0 Å². The first-order valence-electron chi connectivity index (χ1n) is 7.53. The van der Waals surface area contributed by atoms with Crippen LogP contribution in [0.25, 0.3) is 0 Å². The molecule has 2 aromatic carbocycles. The third kappa shape index (κ3) is 3.29. The predicted octanol–water partition coefficient (Wildman–Crippen LogP) is 3.51. The van der Waals surface area contributed by atoms with Gasteiger partial charge >= 0.3 is 0 Å². The van der Waals surface area contributed by atoms with E-state index in [1.807, 2.05) is 36.0 Å². The molecule has 0 saturated carbocycles. The minimum atomic E-state index is 0.0861. The number of methoxy groups -OCH3 is 1. The van der Waals surface area contributed by atoms with E-state index >= 15 is 0 Å². The maximum Gasteiger partial charge on any atom is 0.119 e. The maximum atomic E-state index is 9.43. The molecule has 1 heterocycles. The van der Waals surface area contributed by atoms with E-state index in [4.69, 9.17) is 4.74 Å². The molecule has 3 rings (SSSR count). The van der Waals surface area contributed by atoms with Crippen LogP contribution < -0.4 is 10.1 Å².